The van der Waals surface area contributed by atoms with Gasteiger partial charge in [0.2, 0.25) is 0 Å². The lowest BCUT2D eigenvalue weighted by atomic mass is 10.5. The molecule has 0 radical (unpaired) electrons. The predicted molar refractivity (Wildman–Crippen MR) is 35.2 cm³/mol. The second-order valence-corrected chi connectivity index (χ2v) is 2.24. The first-order valence-electron chi connectivity index (χ1n) is 2.49. The highest BCUT2D eigenvalue weighted by Crippen LogP contribution is 2.10. The van der Waals surface area contributed by atoms with E-state index in [1.807, 2.05) is 30.7 Å². The van der Waals surface area contributed by atoms with Gasteiger partial charge in [-0.2, -0.15) is 0 Å². The molecule has 0 spiro atoms. The largest absolute Gasteiger partial charge is 0.339 e. The fourth-order valence-corrected chi connectivity index (χ4v) is 0.778. The van der Waals surface area contributed by atoms with Crippen molar-refractivity contribution in [3.05, 3.63) is 23.0 Å². The molecule has 1 rings (SSSR count). The van der Waals surface area contributed by atoms with E-state index in [0.29, 0.717) is 0 Å². The van der Waals surface area contributed by atoms with Crippen LogP contribution in [0.4, 0.5) is 0 Å². The number of aromatic nitrogens is 1. The summed E-state index contributed by atoms with van der Waals surface area (Å²) in [6.45, 7) is 2.02. The van der Waals surface area contributed by atoms with Crippen molar-refractivity contribution in [1.82, 2.24) is 4.57 Å². The van der Waals surface area contributed by atoms with Crippen LogP contribution >= 0.6 is 11.6 Å². The molecule has 1 heterocycles. The number of aryl methyl sites for hydroxylation is 1. The number of hydrogen-bond acceptors (Lipinski definition) is 0. The monoisotopic (exact) mass is 129 g/mol. The van der Waals surface area contributed by atoms with Crippen LogP contribution in [-0.4, -0.2) is 4.57 Å². The molecule has 0 saturated carbocycles. The minimum absolute atomic E-state index is 0.794. The van der Waals surface area contributed by atoms with Crippen molar-refractivity contribution in [2.75, 3.05) is 0 Å². The lowest BCUT2D eigenvalue weighted by molar-refractivity contribution is 0.883. The van der Waals surface area contributed by atoms with E-state index in [0.717, 1.165) is 5.15 Å². The van der Waals surface area contributed by atoms with Gasteiger partial charge in [-0.15, -0.1) is 0 Å². The molecule has 0 aromatic carbocycles. The minimum Gasteiger partial charge on any atom is -0.339 e. The zero-order valence-electron chi connectivity index (χ0n) is 4.98. The van der Waals surface area contributed by atoms with Crippen molar-refractivity contribution in [2.24, 2.45) is 7.05 Å². The topological polar surface area (TPSA) is 4.93 Å². The Hall–Kier alpha value is -0.430. The molecule has 0 aliphatic carbocycles. The van der Waals surface area contributed by atoms with Crippen molar-refractivity contribution >= 4 is 11.6 Å². The SMILES string of the molecule is Cc1ccc(Cl)n1C. The summed E-state index contributed by atoms with van der Waals surface area (Å²) < 4.78 is 1.93. The fourth-order valence-electron chi connectivity index (χ4n) is 0.581. The van der Waals surface area contributed by atoms with Gasteiger partial charge in [0.05, 0.1) is 0 Å². The van der Waals surface area contributed by atoms with E-state index in [2.05, 4.69) is 0 Å². The zero-order valence-corrected chi connectivity index (χ0v) is 5.74. The van der Waals surface area contributed by atoms with Crippen molar-refractivity contribution in [3.63, 3.8) is 0 Å². The second-order valence-electron chi connectivity index (χ2n) is 1.86. The molecule has 2 heteroatoms. The van der Waals surface area contributed by atoms with Gasteiger partial charge in [-0.05, 0) is 19.1 Å². The van der Waals surface area contributed by atoms with Crippen LogP contribution in [0.25, 0.3) is 0 Å². The van der Waals surface area contributed by atoms with Gasteiger partial charge in [-0.25, -0.2) is 0 Å². The van der Waals surface area contributed by atoms with Gasteiger partial charge in [-0.3, -0.25) is 0 Å². The second kappa shape index (κ2) is 1.82. The Balaban J connectivity index is 3.19. The molecule has 0 unspecified atom stereocenters. The van der Waals surface area contributed by atoms with Gasteiger partial charge in [0.25, 0.3) is 0 Å². The van der Waals surface area contributed by atoms with Crippen molar-refractivity contribution in [3.8, 4) is 0 Å². The molecule has 0 bridgehead atoms. The summed E-state index contributed by atoms with van der Waals surface area (Å²) in [7, 11) is 1.94. The first-order valence-corrected chi connectivity index (χ1v) is 2.87. The molecular formula is C6H8ClN. The lowest BCUT2D eigenvalue weighted by Crippen LogP contribution is -1.87. The van der Waals surface area contributed by atoms with E-state index >= 15 is 0 Å². The maximum absolute atomic E-state index is 5.69. The molecule has 0 N–H and O–H groups in total. The van der Waals surface area contributed by atoms with Crippen LogP contribution in [0.2, 0.25) is 5.15 Å². The van der Waals surface area contributed by atoms with Crippen LogP contribution in [0, 0.1) is 6.92 Å². The molecule has 0 aliphatic rings. The minimum atomic E-state index is 0.794. The molecule has 0 saturated heterocycles. The zero-order chi connectivity index (χ0) is 6.15. The summed E-state index contributed by atoms with van der Waals surface area (Å²) in [5, 5.41) is 0.794. The summed E-state index contributed by atoms with van der Waals surface area (Å²) in [4.78, 5) is 0. The van der Waals surface area contributed by atoms with Crippen LogP contribution < -0.4 is 0 Å². The third-order valence-electron chi connectivity index (χ3n) is 1.31. The molecule has 0 amide bonds. The van der Waals surface area contributed by atoms with Gasteiger partial charge >= 0.3 is 0 Å². The molecule has 1 aromatic rings. The van der Waals surface area contributed by atoms with E-state index in [1.54, 1.807) is 0 Å². The highest BCUT2D eigenvalue weighted by atomic mass is 35.5. The van der Waals surface area contributed by atoms with Gasteiger partial charge in [0.15, 0.2) is 0 Å². The molecular weight excluding hydrogens is 122 g/mol. The summed E-state index contributed by atoms with van der Waals surface area (Å²) in [5.41, 5.74) is 1.19. The van der Waals surface area contributed by atoms with Crippen LogP contribution in [0.5, 0.6) is 0 Å². The molecule has 8 heavy (non-hydrogen) atoms. The lowest BCUT2D eigenvalue weighted by Gasteiger charge is -1.94. The van der Waals surface area contributed by atoms with Crippen LogP contribution in [-0.2, 0) is 7.05 Å². The van der Waals surface area contributed by atoms with E-state index in [1.165, 1.54) is 5.69 Å². The predicted octanol–water partition coefficient (Wildman–Crippen LogP) is 1.99. The van der Waals surface area contributed by atoms with Gasteiger partial charge in [0.1, 0.15) is 5.15 Å². The highest BCUT2D eigenvalue weighted by Gasteiger charge is 1.93. The smallest absolute Gasteiger partial charge is 0.108 e. The first-order chi connectivity index (χ1) is 3.72. The number of rotatable bonds is 0. The summed E-state index contributed by atoms with van der Waals surface area (Å²) >= 11 is 5.69. The van der Waals surface area contributed by atoms with Gasteiger partial charge in [-0.1, -0.05) is 11.6 Å². The molecule has 0 atom stereocenters. The van der Waals surface area contributed by atoms with Crippen molar-refractivity contribution < 1.29 is 0 Å². The van der Waals surface area contributed by atoms with Gasteiger partial charge in [0, 0.05) is 12.7 Å². The fraction of sp³-hybridized carbons (Fsp3) is 0.333. The summed E-state index contributed by atoms with van der Waals surface area (Å²) in [6, 6.07) is 3.87. The standard InChI is InChI=1S/C6H8ClN/c1-5-3-4-6(7)8(5)2/h3-4H,1-2H3. The molecule has 44 valence electrons. The number of nitrogens with zero attached hydrogens (tertiary/aromatic N) is 1. The first kappa shape index (κ1) is 5.70. The Morgan fingerprint density at radius 1 is 1.50 bits per heavy atom. The van der Waals surface area contributed by atoms with E-state index in [4.69, 9.17) is 11.6 Å². The Bertz CT molecular complexity index is 171. The quantitative estimate of drug-likeness (QED) is 0.505. The number of hydrogen-bond donors (Lipinski definition) is 0. The maximum Gasteiger partial charge on any atom is 0.108 e. The molecule has 1 nitrogen and oxygen atoms in total. The third-order valence-corrected chi connectivity index (χ3v) is 1.69. The average Bonchev–Trinajstić information content (AvgIpc) is 1.98. The van der Waals surface area contributed by atoms with Gasteiger partial charge < -0.3 is 4.57 Å². The van der Waals surface area contributed by atoms with E-state index in [9.17, 15) is 0 Å². The Morgan fingerprint density at radius 2 is 2.12 bits per heavy atom. The normalized spacial score (nSPS) is 9.88. The molecule has 0 aliphatic heterocycles. The summed E-state index contributed by atoms with van der Waals surface area (Å²) in [6.07, 6.45) is 0. The van der Waals surface area contributed by atoms with Crippen molar-refractivity contribution in [1.29, 1.82) is 0 Å². The third kappa shape index (κ3) is 0.736. The van der Waals surface area contributed by atoms with Crippen LogP contribution in [0.3, 0.4) is 0 Å². The molecule has 1 aromatic heterocycles. The maximum atomic E-state index is 5.69. The summed E-state index contributed by atoms with van der Waals surface area (Å²) in [5.74, 6) is 0. The average molecular weight is 130 g/mol. The Kier molecular flexibility index (Phi) is 1.30. The van der Waals surface area contributed by atoms with Crippen molar-refractivity contribution in [2.45, 2.75) is 6.92 Å². The number of halogens is 1. The Labute approximate surface area is 53.9 Å². The van der Waals surface area contributed by atoms with E-state index < -0.39 is 0 Å². The van der Waals surface area contributed by atoms with Crippen LogP contribution in [0.15, 0.2) is 12.1 Å². The molecule has 0 fully saturated rings. The highest BCUT2D eigenvalue weighted by molar-refractivity contribution is 6.29. The van der Waals surface area contributed by atoms with E-state index in [-0.39, 0.29) is 0 Å². The Morgan fingerprint density at radius 3 is 2.25 bits per heavy atom. The van der Waals surface area contributed by atoms with Crippen LogP contribution in [0.1, 0.15) is 5.69 Å².